The minimum Gasteiger partial charge on any atom is -0.316 e. The molecule has 1 unspecified atom stereocenters. The average Bonchev–Trinajstić information content (AvgIpc) is 2.38. The molecule has 1 aromatic carbocycles. The molecule has 1 saturated heterocycles. The van der Waals surface area contributed by atoms with Gasteiger partial charge in [-0.25, -0.2) is 8.42 Å². The van der Waals surface area contributed by atoms with Crippen molar-refractivity contribution < 1.29 is 13.2 Å². The monoisotopic (exact) mass is 267 g/mol. The molecule has 0 spiro atoms. The number of ketones is 1. The Morgan fingerprint density at radius 3 is 2.44 bits per heavy atom. The zero-order valence-electron chi connectivity index (χ0n) is 10.3. The molecule has 0 amide bonds. The smallest absolute Gasteiger partial charge is 0.175 e. The van der Waals surface area contributed by atoms with Crippen molar-refractivity contribution in [3.05, 3.63) is 29.8 Å². The molecule has 0 aliphatic carbocycles. The lowest BCUT2D eigenvalue weighted by Crippen LogP contribution is -2.34. The van der Waals surface area contributed by atoms with Gasteiger partial charge in [-0.3, -0.25) is 4.79 Å². The van der Waals surface area contributed by atoms with E-state index >= 15 is 0 Å². The van der Waals surface area contributed by atoms with E-state index in [1.54, 1.807) is 12.1 Å². The maximum Gasteiger partial charge on any atom is 0.175 e. The topological polar surface area (TPSA) is 63.2 Å². The van der Waals surface area contributed by atoms with Crippen LogP contribution in [-0.4, -0.2) is 33.5 Å². The van der Waals surface area contributed by atoms with Crippen molar-refractivity contribution in [1.29, 1.82) is 0 Å². The van der Waals surface area contributed by atoms with Gasteiger partial charge in [0.2, 0.25) is 0 Å². The highest BCUT2D eigenvalue weighted by Crippen LogP contribution is 2.18. The van der Waals surface area contributed by atoms with Crippen LogP contribution in [-0.2, 0) is 9.84 Å². The highest BCUT2D eigenvalue weighted by Gasteiger charge is 2.22. The Morgan fingerprint density at radius 1 is 1.28 bits per heavy atom. The van der Waals surface area contributed by atoms with Crippen LogP contribution in [0.2, 0.25) is 0 Å². The van der Waals surface area contributed by atoms with Gasteiger partial charge in [-0.15, -0.1) is 0 Å². The molecule has 1 aliphatic rings. The first-order chi connectivity index (χ1) is 8.48. The highest BCUT2D eigenvalue weighted by atomic mass is 32.2. The number of piperidine rings is 1. The summed E-state index contributed by atoms with van der Waals surface area (Å²) in [6, 6.07) is 6.21. The number of hydrogen-bond donors (Lipinski definition) is 1. The minimum absolute atomic E-state index is 0.0165. The average molecular weight is 267 g/mol. The van der Waals surface area contributed by atoms with Crippen LogP contribution >= 0.6 is 0 Å². The molecule has 18 heavy (non-hydrogen) atoms. The molecule has 98 valence electrons. The van der Waals surface area contributed by atoms with Crippen LogP contribution < -0.4 is 5.32 Å². The molecule has 1 fully saturated rings. The van der Waals surface area contributed by atoms with Crippen LogP contribution in [0.5, 0.6) is 0 Å². The third-order valence-electron chi connectivity index (χ3n) is 3.23. The molecular weight excluding hydrogens is 250 g/mol. The molecular formula is C13H17NO3S. The molecule has 1 heterocycles. The second-order valence-electron chi connectivity index (χ2n) is 4.70. The fraction of sp³-hybridized carbons (Fsp3) is 0.462. The molecule has 2 rings (SSSR count). The Bertz CT molecular complexity index is 528. The maximum absolute atomic E-state index is 12.2. The van der Waals surface area contributed by atoms with Crippen LogP contribution in [0.4, 0.5) is 0 Å². The van der Waals surface area contributed by atoms with E-state index in [4.69, 9.17) is 0 Å². The number of hydrogen-bond acceptors (Lipinski definition) is 4. The highest BCUT2D eigenvalue weighted by molar-refractivity contribution is 7.90. The quantitative estimate of drug-likeness (QED) is 0.838. The van der Waals surface area contributed by atoms with Gasteiger partial charge in [-0.2, -0.15) is 0 Å². The summed E-state index contributed by atoms with van der Waals surface area (Å²) in [5.41, 5.74) is 0.594. The number of Topliss-reactive ketones (excluding diaryl/α,β-unsaturated/α-hetero) is 1. The summed E-state index contributed by atoms with van der Waals surface area (Å²) in [5.74, 6) is 0.116. The van der Waals surface area contributed by atoms with Gasteiger partial charge in [0.25, 0.3) is 0 Å². The maximum atomic E-state index is 12.2. The van der Waals surface area contributed by atoms with E-state index in [1.807, 2.05) is 0 Å². The Labute approximate surface area is 107 Å². The van der Waals surface area contributed by atoms with Crippen LogP contribution in [0.15, 0.2) is 29.2 Å². The summed E-state index contributed by atoms with van der Waals surface area (Å²) < 4.78 is 22.6. The number of sulfone groups is 1. The lowest BCUT2D eigenvalue weighted by atomic mass is 9.91. The molecule has 0 bridgehead atoms. The zero-order valence-corrected chi connectivity index (χ0v) is 11.2. The Morgan fingerprint density at radius 2 is 1.94 bits per heavy atom. The molecule has 1 N–H and O–H groups in total. The van der Waals surface area contributed by atoms with Gasteiger partial charge in [0.15, 0.2) is 15.6 Å². The van der Waals surface area contributed by atoms with E-state index < -0.39 is 9.84 Å². The number of carbonyl (C=O) groups is 1. The molecule has 5 heteroatoms. The van der Waals surface area contributed by atoms with Crippen molar-refractivity contribution in [3.8, 4) is 0 Å². The summed E-state index contributed by atoms with van der Waals surface area (Å²) in [6.07, 6.45) is 3.08. The standard InChI is InChI=1S/C13H17NO3S/c1-18(16,17)12-6-4-10(5-7-12)13(15)11-3-2-8-14-9-11/h4-7,11,14H,2-3,8-9H2,1H3. The predicted octanol–water partition coefficient (Wildman–Crippen LogP) is 1.27. The van der Waals surface area contributed by atoms with Crippen molar-refractivity contribution in [2.24, 2.45) is 5.92 Å². The van der Waals surface area contributed by atoms with Crippen LogP contribution in [0.25, 0.3) is 0 Å². The summed E-state index contributed by atoms with van der Waals surface area (Å²) >= 11 is 0. The SMILES string of the molecule is CS(=O)(=O)c1ccc(C(=O)C2CCCNC2)cc1. The van der Waals surface area contributed by atoms with E-state index in [2.05, 4.69) is 5.32 Å². The van der Waals surface area contributed by atoms with Crippen molar-refractivity contribution in [2.45, 2.75) is 17.7 Å². The Balaban J connectivity index is 2.16. The number of nitrogens with one attached hydrogen (secondary N) is 1. The van der Waals surface area contributed by atoms with Gasteiger partial charge in [-0.1, -0.05) is 12.1 Å². The van der Waals surface area contributed by atoms with E-state index in [1.165, 1.54) is 12.1 Å². The van der Waals surface area contributed by atoms with Crippen molar-refractivity contribution in [3.63, 3.8) is 0 Å². The second kappa shape index (κ2) is 5.20. The van der Waals surface area contributed by atoms with Gasteiger partial charge in [0.1, 0.15) is 0 Å². The molecule has 1 atom stereocenters. The Kier molecular flexibility index (Phi) is 3.82. The van der Waals surface area contributed by atoms with Crippen LogP contribution in [0.1, 0.15) is 23.2 Å². The molecule has 4 nitrogen and oxygen atoms in total. The van der Waals surface area contributed by atoms with Crippen molar-refractivity contribution in [2.75, 3.05) is 19.3 Å². The van der Waals surface area contributed by atoms with E-state index in [0.29, 0.717) is 12.1 Å². The zero-order chi connectivity index (χ0) is 13.2. The van der Waals surface area contributed by atoms with Gasteiger partial charge in [0, 0.05) is 24.3 Å². The predicted molar refractivity (Wildman–Crippen MR) is 69.5 cm³/mol. The molecule has 1 aliphatic heterocycles. The van der Waals surface area contributed by atoms with Crippen LogP contribution in [0, 0.1) is 5.92 Å². The first kappa shape index (κ1) is 13.2. The third-order valence-corrected chi connectivity index (χ3v) is 4.36. The molecule has 0 aromatic heterocycles. The van der Waals surface area contributed by atoms with Gasteiger partial charge in [0.05, 0.1) is 4.90 Å². The van der Waals surface area contributed by atoms with Crippen molar-refractivity contribution >= 4 is 15.6 Å². The molecule has 0 saturated carbocycles. The number of carbonyl (C=O) groups excluding carboxylic acids is 1. The fourth-order valence-electron chi connectivity index (χ4n) is 2.18. The summed E-state index contributed by atoms with van der Waals surface area (Å²) in [4.78, 5) is 12.4. The Hall–Kier alpha value is -1.20. The largest absolute Gasteiger partial charge is 0.316 e. The number of benzene rings is 1. The summed E-state index contributed by atoms with van der Waals surface area (Å²) in [5, 5.41) is 3.20. The van der Waals surface area contributed by atoms with E-state index in [0.717, 1.165) is 25.6 Å². The lowest BCUT2D eigenvalue weighted by Gasteiger charge is -2.21. The first-order valence-electron chi connectivity index (χ1n) is 6.03. The first-order valence-corrected chi connectivity index (χ1v) is 7.92. The van der Waals surface area contributed by atoms with Crippen molar-refractivity contribution in [1.82, 2.24) is 5.32 Å². The lowest BCUT2D eigenvalue weighted by molar-refractivity contribution is 0.0899. The third kappa shape index (κ3) is 2.97. The normalized spacial score (nSPS) is 20.6. The minimum atomic E-state index is -3.19. The van der Waals surface area contributed by atoms with Gasteiger partial charge < -0.3 is 5.32 Å². The van der Waals surface area contributed by atoms with Gasteiger partial charge >= 0.3 is 0 Å². The fourth-order valence-corrected chi connectivity index (χ4v) is 2.81. The molecule has 0 radical (unpaired) electrons. The van der Waals surface area contributed by atoms with Crippen LogP contribution in [0.3, 0.4) is 0 Å². The number of rotatable bonds is 3. The van der Waals surface area contributed by atoms with Gasteiger partial charge in [-0.05, 0) is 31.5 Å². The second-order valence-corrected chi connectivity index (χ2v) is 6.72. The summed E-state index contributed by atoms with van der Waals surface area (Å²) in [7, 11) is -3.19. The van der Waals surface area contributed by atoms with E-state index in [-0.39, 0.29) is 16.6 Å². The summed E-state index contributed by atoms with van der Waals surface area (Å²) in [6.45, 7) is 1.68. The van der Waals surface area contributed by atoms with E-state index in [9.17, 15) is 13.2 Å². The molecule has 1 aromatic rings.